The van der Waals surface area contributed by atoms with E-state index in [4.69, 9.17) is 10.5 Å². The number of hydrogen-bond acceptors (Lipinski definition) is 3. The molecule has 0 aliphatic carbocycles. The van der Waals surface area contributed by atoms with Gasteiger partial charge in [-0.1, -0.05) is 72.8 Å². The molecule has 28 heavy (non-hydrogen) atoms. The van der Waals surface area contributed by atoms with E-state index >= 15 is 0 Å². The Morgan fingerprint density at radius 1 is 0.857 bits per heavy atom. The van der Waals surface area contributed by atoms with E-state index in [0.29, 0.717) is 12.2 Å². The first-order valence-corrected chi connectivity index (χ1v) is 9.03. The average molecular weight is 374 g/mol. The maximum atomic E-state index is 12.5. The molecule has 0 radical (unpaired) electrons. The Labute approximate surface area is 164 Å². The Balaban J connectivity index is 1.69. The van der Waals surface area contributed by atoms with Crippen LogP contribution in [0.5, 0.6) is 5.75 Å². The van der Waals surface area contributed by atoms with E-state index in [1.165, 1.54) is 0 Å². The molecule has 0 aliphatic rings. The van der Waals surface area contributed by atoms with E-state index in [9.17, 15) is 9.59 Å². The lowest BCUT2D eigenvalue weighted by molar-refractivity contribution is -0.123. The summed E-state index contributed by atoms with van der Waals surface area (Å²) < 4.78 is 5.53. The van der Waals surface area contributed by atoms with Crippen LogP contribution in [0.1, 0.15) is 27.5 Å². The Kier molecular flexibility index (Phi) is 6.41. The molecular formula is C23H22N2O3. The van der Waals surface area contributed by atoms with Crippen molar-refractivity contribution in [3.8, 4) is 5.75 Å². The molecule has 3 aromatic carbocycles. The minimum atomic E-state index is -0.595. The summed E-state index contributed by atoms with van der Waals surface area (Å²) in [4.78, 5) is 24.0. The van der Waals surface area contributed by atoms with Crippen molar-refractivity contribution < 1.29 is 14.3 Å². The summed E-state index contributed by atoms with van der Waals surface area (Å²) in [7, 11) is 0. The number of primary amides is 1. The normalized spacial score (nSPS) is 11.4. The van der Waals surface area contributed by atoms with Gasteiger partial charge in [-0.3, -0.25) is 9.59 Å². The number of carbonyl (C=O) groups is 2. The van der Waals surface area contributed by atoms with Gasteiger partial charge in [0.15, 0.2) is 6.61 Å². The molecule has 5 nitrogen and oxygen atoms in total. The lowest BCUT2D eigenvalue weighted by Crippen LogP contribution is -2.34. The van der Waals surface area contributed by atoms with E-state index in [0.717, 1.165) is 11.1 Å². The van der Waals surface area contributed by atoms with E-state index in [1.54, 1.807) is 24.3 Å². The molecule has 0 spiro atoms. The molecule has 1 atom stereocenters. The lowest BCUT2D eigenvalue weighted by atomic mass is 9.99. The van der Waals surface area contributed by atoms with Crippen LogP contribution >= 0.6 is 0 Å². The molecule has 0 heterocycles. The van der Waals surface area contributed by atoms with E-state index in [-0.39, 0.29) is 24.1 Å². The van der Waals surface area contributed by atoms with Gasteiger partial charge in [0, 0.05) is 0 Å². The van der Waals surface area contributed by atoms with Crippen molar-refractivity contribution in [3.05, 3.63) is 102 Å². The first-order valence-electron chi connectivity index (χ1n) is 9.03. The van der Waals surface area contributed by atoms with Gasteiger partial charge in [0.1, 0.15) is 5.75 Å². The third kappa shape index (κ3) is 5.20. The highest BCUT2D eigenvalue weighted by Gasteiger charge is 2.16. The number of amides is 2. The van der Waals surface area contributed by atoms with Gasteiger partial charge in [0.05, 0.1) is 11.6 Å². The Morgan fingerprint density at radius 3 is 2.14 bits per heavy atom. The maximum absolute atomic E-state index is 12.5. The zero-order valence-electron chi connectivity index (χ0n) is 15.4. The average Bonchev–Trinajstić information content (AvgIpc) is 2.73. The fourth-order valence-corrected chi connectivity index (χ4v) is 2.96. The number of rotatable bonds is 8. The van der Waals surface area contributed by atoms with Gasteiger partial charge < -0.3 is 15.8 Å². The minimum Gasteiger partial charge on any atom is -0.483 e. The van der Waals surface area contributed by atoms with Gasteiger partial charge >= 0.3 is 0 Å². The van der Waals surface area contributed by atoms with Crippen LogP contribution in [0.15, 0.2) is 84.9 Å². The van der Waals surface area contributed by atoms with Crippen molar-refractivity contribution in [1.29, 1.82) is 0 Å². The van der Waals surface area contributed by atoms with Crippen LogP contribution in [0.3, 0.4) is 0 Å². The lowest BCUT2D eigenvalue weighted by Gasteiger charge is -2.20. The molecular weight excluding hydrogens is 352 g/mol. The molecule has 0 bridgehead atoms. The van der Waals surface area contributed by atoms with Gasteiger partial charge in [-0.15, -0.1) is 0 Å². The first kappa shape index (κ1) is 19.2. The van der Waals surface area contributed by atoms with Crippen LogP contribution in [0.4, 0.5) is 0 Å². The molecule has 1 unspecified atom stereocenters. The molecule has 0 saturated carbocycles. The van der Waals surface area contributed by atoms with Crippen LogP contribution < -0.4 is 15.8 Å². The minimum absolute atomic E-state index is 0.189. The van der Waals surface area contributed by atoms with Crippen LogP contribution in [0, 0.1) is 0 Å². The van der Waals surface area contributed by atoms with Gasteiger partial charge in [-0.25, -0.2) is 0 Å². The van der Waals surface area contributed by atoms with Crippen molar-refractivity contribution in [1.82, 2.24) is 5.32 Å². The molecule has 3 rings (SSSR count). The predicted octanol–water partition coefficient (Wildman–Crippen LogP) is 3.26. The smallest absolute Gasteiger partial charge is 0.258 e. The summed E-state index contributed by atoms with van der Waals surface area (Å²) in [6, 6.07) is 26.2. The maximum Gasteiger partial charge on any atom is 0.258 e. The van der Waals surface area contributed by atoms with Gasteiger partial charge in [0.25, 0.3) is 11.8 Å². The SMILES string of the molecule is NC(=O)c1ccccc1OCC(=O)NC(Cc1ccccc1)c1ccccc1. The molecule has 0 saturated heterocycles. The van der Waals surface area contributed by atoms with Crippen LogP contribution in [0.2, 0.25) is 0 Å². The van der Waals surface area contributed by atoms with Crippen molar-refractivity contribution in [2.75, 3.05) is 6.61 Å². The molecule has 3 N–H and O–H groups in total. The topological polar surface area (TPSA) is 81.4 Å². The van der Waals surface area contributed by atoms with E-state index in [2.05, 4.69) is 5.32 Å². The summed E-state index contributed by atoms with van der Waals surface area (Å²) in [5, 5.41) is 3.02. The quantitative estimate of drug-likeness (QED) is 0.635. The molecule has 2 amide bonds. The number of carbonyl (C=O) groups excluding carboxylic acids is 2. The number of nitrogens with one attached hydrogen (secondary N) is 1. The second kappa shape index (κ2) is 9.37. The molecule has 142 valence electrons. The van der Waals surface area contributed by atoms with Crippen molar-refractivity contribution in [2.24, 2.45) is 5.73 Å². The van der Waals surface area contributed by atoms with Crippen molar-refractivity contribution in [2.45, 2.75) is 12.5 Å². The fourth-order valence-electron chi connectivity index (χ4n) is 2.96. The second-order valence-electron chi connectivity index (χ2n) is 6.37. The van der Waals surface area contributed by atoms with Gasteiger partial charge in [0.2, 0.25) is 0 Å². The zero-order valence-corrected chi connectivity index (χ0v) is 15.4. The number of benzene rings is 3. The third-order valence-corrected chi connectivity index (χ3v) is 4.33. The highest BCUT2D eigenvalue weighted by molar-refractivity contribution is 5.95. The summed E-state index contributed by atoms with van der Waals surface area (Å²) in [6.07, 6.45) is 0.661. The van der Waals surface area contributed by atoms with Crippen molar-refractivity contribution >= 4 is 11.8 Å². The molecule has 0 fully saturated rings. The van der Waals surface area contributed by atoms with Gasteiger partial charge in [-0.05, 0) is 29.7 Å². The molecule has 0 aromatic heterocycles. The summed E-state index contributed by atoms with van der Waals surface area (Å²) in [6.45, 7) is -0.206. The number of ether oxygens (including phenoxy) is 1. The second-order valence-corrected chi connectivity index (χ2v) is 6.37. The number of para-hydroxylation sites is 1. The zero-order chi connectivity index (χ0) is 19.8. The van der Waals surface area contributed by atoms with Crippen molar-refractivity contribution in [3.63, 3.8) is 0 Å². The summed E-state index contributed by atoms with van der Waals surface area (Å²) in [5.74, 6) is -0.573. The van der Waals surface area contributed by atoms with Crippen LogP contribution in [0.25, 0.3) is 0 Å². The largest absolute Gasteiger partial charge is 0.483 e. The molecule has 5 heteroatoms. The molecule has 3 aromatic rings. The number of nitrogens with two attached hydrogens (primary N) is 1. The van der Waals surface area contributed by atoms with E-state index in [1.807, 2.05) is 60.7 Å². The fraction of sp³-hybridized carbons (Fsp3) is 0.130. The summed E-state index contributed by atoms with van der Waals surface area (Å²) >= 11 is 0. The van der Waals surface area contributed by atoms with Crippen LogP contribution in [-0.2, 0) is 11.2 Å². The Bertz CT molecular complexity index is 927. The number of hydrogen-bond donors (Lipinski definition) is 2. The standard InChI is InChI=1S/C23H22N2O3/c24-23(27)19-13-7-8-14-21(19)28-16-22(26)25-20(18-11-5-2-6-12-18)15-17-9-3-1-4-10-17/h1-14,20H,15-16H2,(H2,24,27)(H,25,26). The third-order valence-electron chi connectivity index (χ3n) is 4.33. The molecule has 0 aliphatic heterocycles. The monoisotopic (exact) mass is 374 g/mol. The Hall–Kier alpha value is -3.60. The first-order chi connectivity index (χ1) is 13.6. The predicted molar refractivity (Wildman–Crippen MR) is 108 cm³/mol. The highest BCUT2D eigenvalue weighted by Crippen LogP contribution is 2.19. The van der Waals surface area contributed by atoms with Crippen LogP contribution in [-0.4, -0.2) is 18.4 Å². The highest BCUT2D eigenvalue weighted by atomic mass is 16.5. The van der Waals surface area contributed by atoms with Gasteiger partial charge in [-0.2, -0.15) is 0 Å². The van der Waals surface area contributed by atoms with E-state index < -0.39 is 5.91 Å². The summed E-state index contributed by atoms with van der Waals surface area (Å²) in [5.41, 5.74) is 7.73. The Morgan fingerprint density at radius 2 is 1.46 bits per heavy atom.